The van der Waals surface area contributed by atoms with E-state index in [1.165, 1.54) is 0 Å². The van der Waals surface area contributed by atoms with Crippen molar-refractivity contribution in [2.24, 2.45) is 0 Å². The first-order chi connectivity index (χ1) is 10.5. The Morgan fingerprint density at radius 1 is 1.27 bits per heavy atom. The number of amides is 3. The molecular formula is C15H20N2O5. The molecule has 120 valence electrons. The second-order valence-corrected chi connectivity index (χ2v) is 5.41. The number of carbonyl (C=O) groups excluding carboxylic acids is 3. The van der Waals surface area contributed by atoms with Crippen molar-refractivity contribution in [2.45, 2.75) is 45.6 Å². The first-order valence-electron chi connectivity index (χ1n) is 7.30. The number of carbonyl (C=O) groups is 3. The Balaban J connectivity index is 1.74. The van der Waals surface area contributed by atoms with Gasteiger partial charge in [0, 0.05) is 6.04 Å². The number of hydrogen-bond acceptors (Lipinski definition) is 5. The number of urea groups is 1. The summed E-state index contributed by atoms with van der Waals surface area (Å²) in [6, 6.07) is 1.11. The van der Waals surface area contributed by atoms with Crippen LogP contribution in [0.15, 0.2) is 10.5 Å². The van der Waals surface area contributed by atoms with E-state index in [-0.39, 0.29) is 11.6 Å². The van der Waals surface area contributed by atoms with Gasteiger partial charge in [0.25, 0.3) is 5.91 Å². The van der Waals surface area contributed by atoms with Crippen LogP contribution in [0.3, 0.4) is 0 Å². The summed E-state index contributed by atoms with van der Waals surface area (Å²) >= 11 is 0. The molecule has 0 unspecified atom stereocenters. The molecule has 0 aliphatic heterocycles. The Morgan fingerprint density at radius 3 is 2.55 bits per heavy atom. The summed E-state index contributed by atoms with van der Waals surface area (Å²) in [7, 11) is 0. The number of nitrogens with one attached hydrogen (secondary N) is 2. The van der Waals surface area contributed by atoms with E-state index in [2.05, 4.69) is 10.6 Å². The second kappa shape index (κ2) is 7.11. The minimum absolute atomic E-state index is 0.118. The van der Waals surface area contributed by atoms with Crippen LogP contribution < -0.4 is 10.6 Å². The molecule has 1 aliphatic carbocycles. The number of imide groups is 1. The van der Waals surface area contributed by atoms with Crippen molar-refractivity contribution >= 4 is 17.9 Å². The third-order valence-electron chi connectivity index (χ3n) is 3.54. The number of rotatable bonds is 4. The molecule has 2 N–H and O–H groups in total. The van der Waals surface area contributed by atoms with Crippen LogP contribution in [0.25, 0.3) is 0 Å². The summed E-state index contributed by atoms with van der Waals surface area (Å²) in [5.74, 6) is -0.297. The molecule has 0 spiro atoms. The van der Waals surface area contributed by atoms with E-state index in [9.17, 15) is 14.4 Å². The molecule has 0 radical (unpaired) electrons. The van der Waals surface area contributed by atoms with Gasteiger partial charge in [-0.1, -0.05) is 12.8 Å². The zero-order chi connectivity index (χ0) is 16.1. The van der Waals surface area contributed by atoms with Crippen LogP contribution in [0.5, 0.6) is 0 Å². The number of furan rings is 1. The lowest BCUT2D eigenvalue weighted by molar-refractivity contribution is -0.123. The van der Waals surface area contributed by atoms with Crippen molar-refractivity contribution < 1.29 is 23.5 Å². The molecule has 0 saturated heterocycles. The topological polar surface area (TPSA) is 97.6 Å². The SMILES string of the molecule is Cc1cc(C(=O)OCC(=O)NC(=O)NC2CCCC2)c(C)o1. The van der Waals surface area contributed by atoms with Crippen molar-refractivity contribution in [3.8, 4) is 0 Å². The smallest absolute Gasteiger partial charge is 0.342 e. The van der Waals surface area contributed by atoms with Gasteiger partial charge in [-0.2, -0.15) is 0 Å². The highest BCUT2D eigenvalue weighted by atomic mass is 16.5. The Bertz CT molecular complexity index is 572. The van der Waals surface area contributed by atoms with E-state index in [1.807, 2.05) is 0 Å². The maximum Gasteiger partial charge on any atom is 0.342 e. The number of hydrogen-bond donors (Lipinski definition) is 2. The van der Waals surface area contributed by atoms with E-state index in [4.69, 9.17) is 9.15 Å². The van der Waals surface area contributed by atoms with Crippen LogP contribution in [0.2, 0.25) is 0 Å². The van der Waals surface area contributed by atoms with Crippen LogP contribution in [-0.4, -0.2) is 30.6 Å². The van der Waals surface area contributed by atoms with E-state index >= 15 is 0 Å². The summed E-state index contributed by atoms with van der Waals surface area (Å²) in [6.45, 7) is 2.84. The summed E-state index contributed by atoms with van der Waals surface area (Å²) in [5.41, 5.74) is 0.278. The normalized spacial score (nSPS) is 14.6. The van der Waals surface area contributed by atoms with E-state index in [1.54, 1.807) is 19.9 Å². The first-order valence-corrected chi connectivity index (χ1v) is 7.30. The molecule has 1 aliphatic rings. The lowest BCUT2D eigenvalue weighted by Crippen LogP contribution is -2.45. The van der Waals surface area contributed by atoms with Crippen molar-refractivity contribution in [2.75, 3.05) is 6.61 Å². The van der Waals surface area contributed by atoms with Gasteiger partial charge in [0.1, 0.15) is 17.1 Å². The molecule has 3 amide bonds. The van der Waals surface area contributed by atoms with E-state index in [0.29, 0.717) is 11.5 Å². The van der Waals surface area contributed by atoms with Crippen LogP contribution >= 0.6 is 0 Å². The maximum absolute atomic E-state index is 11.8. The highest BCUT2D eigenvalue weighted by Crippen LogP contribution is 2.17. The highest BCUT2D eigenvalue weighted by Gasteiger charge is 2.20. The number of aryl methyl sites for hydroxylation is 2. The minimum atomic E-state index is -0.665. The predicted octanol–water partition coefficient (Wildman–Crippen LogP) is 1.82. The molecular weight excluding hydrogens is 288 g/mol. The fourth-order valence-corrected chi connectivity index (χ4v) is 2.50. The lowest BCUT2D eigenvalue weighted by Gasteiger charge is -2.12. The molecule has 0 atom stereocenters. The number of esters is 1. The van der Waals surface area contributed by atoms with Gasteiger partial charge in [0.15, 0.2) is 6.61 Å². The number of ether oxygens (including phenoxy) is 1. The van der Waals surface area contributed by atoms with Crippen LogP contribution in [0.1, 0.15) is 47.6 Å². The Labute approximate surface area is 128 Å². The lowest BCUT2D eigenvalue weighted by atomic mass is 10.2. The second-order valence-electron chi connectivity index (χ2n) is 5.41. The molecule has 0 aromatic carbocycles. The third-order valence-corrected chi connectivity index (χ3v) is 3.54. The monoisotopic (exact) mass is 308 g/mol. The van der Waals surface area contributed by atoms with Crippen LogP contribution in [0.4, 0.5) is 4.79 Å². The van der Waals surface area contributed by atoms with Gasteiger partial charge >= 0.3 is 12.0 Å². The summed E-state index contributed by atoms with van der Waals surface area (Å²) in [4.78, 5) is 34.9. The summed E-state index contributed by atoms with van der Waals surface area (Å²) in [5, 5.41) is 4.86. The van der Waals surface area contributed by atoms with Gasteiger partial charge in [0.2, 0.25) is 0 Å². The Morgan fingerprint density at radius 2 is 1.95 bits per heavy atom. The van der Waals surface area contributed by atoms with Crippen molar-refractivity contribution in [1.82, 2.24) is 10.6 Å². The quantitative estimate of drug-likeness (QED) is 0.827. The molecule has 1 aromatic heterocycles. The predicted molar refractivity (Wildman–Crippen MR) is 77.4 cm³/mol. The fraction of sp³-hybridized carbons (Fsp3) is 0.533. The Hall–Kier alpha value is -2.31. The van der Waals surface area contributed by atoms with Crippen LogP contribution in [0, 0.1) is 13.8 Å². The molecule has 1 aromatic rings. The van der Waals surface area contributed by atoms with Crippen molar-refractivity contribution in [1.29, 1.82) is 0 Å². The average Bonchev–Trinajstić information content (AvgIpc) is 3.05. The summed E-state index contributed by atoms with van der Waals surface area (Å²) in [6.07, 6.45) is 4.02. The fourth-order valence-electron chi connectivity index (χ4n) is 2.50. The van der Waals surface area contributed by atoms with Gasteiger partial charge in [0.05, 0.1) is 0 Å². The average molecular weight is 308 g/mol. The molecule has 1 fully saturated rings. The molecule has 2 rings (SSSR count). The zero-order valence-electron chi connectivity index (χ0n) is 12.7. The van der Waals surface area contributed by atoms with Gasteiger partial charge in [-0.25, -0.2) is 9.59 Å². The van der Waals surface area contributed by atoms with Crippen molar-refractivity contribution in [3.05, 3.63) is 23.2 Å². The minimum Gasteiger partial charge on any atom is -0.466 e. The van der Waals surface area contributed by atoms with Gasteiger partial charge in [-0.05, 0) is 32.8 Å². The summed E-state index contributed by atoms with van der Waals surface area (Å²) < 4.78 is 10.1. The largest absolute Gasteiger partial charge is 0.466 e. The molecule has 7 nitrogen and oxygen atoms in total. The van der Waals surface area contributed by atoms with Gasteiger partial charge in [-0.15, -0.1) is 0 Å². The molecule has 22 heavy (non-hydrogen) atoms. The Kier molecular flexibility index (Phi) is 5.19. The standard InChI is InChI=1S/C15H20N2O5/c1-9-7-12(10(2)22-9)14(19)21-8-13(18)17-15(20)16-11-5-3-4-6-11/h7,11H,3-6,8H2,1-2H3,(H2,16,17,18,20). The van der Waals surface area contributed by atoms with Crippen LogP contribution in [-0.2, 0) is 9.53 Å². The van der Waals surface area contributed by atoms with Crippen molar-refractivity contribution in [3.63, 3.8) is 0 Å². The molecule has 1 saturated carbocycles. The molecule has 7 heteroatoms. The molecule has 1 heterocycles. The zero-order valence-corrected chi connectivity index (χ0v) is 12.7. The highest BCUT2D eigenvalue weighted by molar-refractivity contribution is 5.97. The first kappa shape index (κ1) is 16.1. The van der Waals surface area contributed by atoms with Gasteiger partial charge in [-0.3, -0.25) is 10.1 Å². The van der Waals surface area contributed by atoms with Gasteiger partial charge < -0.3 is 14.5 Å². The molecule has 0 bridgehead atoms. The van der Waals surface area contributed by atoms with E-state index in [0.717, 1.165) is 25.7 Å². The van der Waals surface area contributed by atoms with E-state index < -0.39 is 24.5 Å². The maximum atomic E-state index is 11.8. The third kappa shape index (κ3) is 4.34.